The largest absolute Gasteiger partial charge is 0.464 e. The summed E-state index contributed by atoms with van der Waals surface area (Å²) in [5, 5.41) is 0. The zero-order valence-corrected chi connectivity index (χ0v) is 19.1. The molecule has 31 heavy (non-hydrogen) atoms. The van der Waals surface area contributed by atoms with Gasteiger partial charge in [-0.3, -0.25) is 4.79 Å². The number of methoxy groups -OCH3 is 2. The lowest BCUT2D eigenvalue weighted by Gasteiger charge is -2.21. The Bertz CT molecular complexity index is 1060. The van der Waals surface area contributed by atoms with Crippen LogP contribution in [-0.4, -0.2) is 63.0 Å². The number of hydrogen-bond donors (Lipinski definition) is 0. The molecule has 0 fully saturated rings. The summed E-state index contributed by atoms with van der Waals surface area (Å²) in [7, 11) is -1.40. The number of ether oxygens (including phenoxy) is 2. The quantitative estimate of drug-likeness (QED) is 0.405. The second-order valence-electron chi connectivity index (χ2n) is 6.88. The van der Waals surface area contributed by atoms with E-state index in [4.69, 9.17) is 9.47 Å². The van der Waals surface area contributed by atoms with Crippen LogP contribution in [0.5, 0.6) is 0 Å². The van der Waals surface area contributed by atoms with Crippen molar-refractivity contribution in [2.24, 2.45) is 0 Å². The zero-order valence-electron chi connectivity index (χ0n) is 18.3. The van der Waals surface area contributed by atoms with Crippen molar-refractivity contribution in [1.29, 1.82) is 0 Å². The third kappa shape index (κ3) is 5.03. The summed E-state index contributed by atoms with van der Waals surface area (Å²) in [4.78, 5) is 25.3. The summed E-state index contributed by atoms with van der Waals surface area (Å²) >= 11 is 0. The summed E-state index contributed by atoms with van der Waals surface area (Å²) < 4.78 is 51.9. The van der Waals surface area contributed by atoms with Crippen molar-refractivity contribution in [2.45, 2.75) is 32.2 Å². The predicted octanol–water partition coefficient (Wildman–Crippen LogP) is 2.57. The van der Waals surface area contributed by atoms with E-state index in [0.29, 0.717) is 17.8 Å². The van der Waals surface area contributed by atoms with Gasteiger partial charge in [0.25, 0.3) is 0 Å². The first-order valence-corrected chi connectivity index (χ1v) is 11.1. The molecule has 0 amide bonds. The molecule has 10 heteroatoms. The molecular formula is C21H27FN2O6S. The number of hydrogen-bond acceptors (Lipinski definition) is 6. The fourth-order valence-electron chi connectivity index (χ4n) is 3.53. The highest BCUT2D eigenvalue weighted by Gasteiger charge is 2.31. The number of Topliss-reactive ketones (excluding diaryl/α,β-unsaturated/α-hetero) is 1. The van der Waals surface area contributed by atoms with E-state index in [0.717, 1.165) is 28.6 Å². The van der Waals surface area contributed by atoms with Gasteiger partial charge >= 0.3 is 5.97 Å². The van der Waals surface area contributed by atoms with Crippen LogP contribution in [-0.2, 0) is 26.0 Å². The molecule has 1 heterocycles. The number of nitrogens with zero attached hydrogens (tertiary/aromatic N) is 2. The van der Waals surface area contributed by atoms with Gasteiger partial charge in [-0.05, 0) is 50.6 Å². The highest BCUT2D eigenvalue weighted by atomic mass is 32.2. The molecule has 0 aliphatic heterocycles. The molecule has 170 valence electrons. The van der Waals surface area contributed by atoms with E-state index < -0.39 is 34.1 Å². The molecule has 0 N–H and O–H groups in total. The Morgan fingerprint density at radius 3 is 2.26 bits per heavy atom. The molecule has 0 atom stereocenters. The van der Waals surface area contributed by atoms with Gasteiger partial charge in [0.05, 0.1) is 25.2 Å². The van der Waals surface area contributed by atoms with Crippen LogP contribution in [0.3, 0.4) is 0 Å². The van der Waals surface area contributed by atoms with Crippen molar-refractivity contribution in [3.63, 3.8) is 0 Å². The van der Waals surface area contributed by atoms with E-state index in [1.807, 2.05) is 6.92 Å². The van der Waals surface area contributed by atoms with Crippen LogP contribution in [0.4, 0.5) is 4.39 Å². The molecule has 0 saturated heterocycles. The maximum atomic E-state index is 13.2. The zero-order chi connectivity index (χ0) is 23.3. The first-order chi connectivity index (χ1) is 14.6. The number of ketones is 1. The first kappa shape index (κ1) is 24.7. The number of aromatic nitrogens is 1. The average molecular weight is 455 g/mol. The Labute approximate surface area is 181 Å². The van der Waals surface area contributed by atoms with Gasteiger partial charge in [0.1, 0.15) is 11.5 Å². The summed E-state index contributed by atoms with van der Waals surface area (Å²) in [6, 6.07) is 4.38. The Balaban J connectivity index is 2.47. The molecular weight excluding hydrogens is 427 g/mol. The molecule has 2 aromatic rings. The second-order valence-corrected chi connectivity index (χ2v) is 8.82. The standard InChI is InChI=1S/C21H27FN2O6S/c1-6-24-15(3)19(14(2)20(24)21(26)30-5)18(25)13-23(11-12-29-4)31(27,28)17-9-7-16(22)8-10-17/h7-10H,6,11-13H2,1-5H3. The molecule has 0 radical (unpaired) electrons. The second kappa shape index (κ2) is 10.2. The fourth-order valence-corrected chi connectivity index (χ4v) is 4.91. The van der Waals surface area contributed by atoms with E-state index in [-0.39, 0.29) is 29.3 Å². The van der Waals surface area contributed by atoms with Crippen molar-refractivity contribution in [3.8, 4) is 0 Å². The molecule has 0 saturated carbocycles. The smallest absolute Gasteiger partial charge is 0.354 e. The normalized spacial score (nSPS) is 11.7. The van der Waals surface area contributed by atoms with Crippen molar-refractivity contribution >= 4 is 21.8 Å². The third-order valence-corrected chi connectivity index (χ3v) is 6.92. The van der Waals surface area contributed by atoms with Crippen LogP contribution in [0.2, 0.25) is 0 Å². The number of rotatable bonds is 10. The van der Waals surface area contributed by atoms with E-state index in [1.165, 1.54) is 14.2 Å². The van der Waals surface area contributed by atoms with Gasteiger partial charge in [0.15, 0.2) is 5.78 Å². The van der Waals surface area contributed by atoms with Gasteiger partial charge in [-0.2, -0.15) is 4.31 Å². The number of halogens is 1. The number of carbonyl (C=O) groups is 2. The lowest BCUT2D eigenvalue weighted by Crippen LogP contribution is -2.38. The van der Waals surface area contributed by atoms with Gasteiger partial charge in [0.2, 0.25) is 10.0 Å². The Kier molecular flexibility index (Phi) is 8.10. The molecule has 1 aromatic heterocycles. The predicted molar refractivity (Wildman–Crippen MR) is 112 cm³/mol. The van der Waals surface area contributed by atoms with Gasteiger partial charge in [0, 0.05) is 31.5 Å². The van der Waals surface area contributed by atoms with Crippen LogP contribution in [0, 0.1) is 19.7 Å². The Morgan fingerprint density at radius 1 is 1.13 bits per heavy atom. The molecule has 0 unspecified atom stereocenters. The van der Waals surface area contributed by atoms with E-state index in [9.17, 15) is 22.4 Å². The topological polar surface area (TPSA) is 94.9 Å². The molecule has 0 bridgehead atoms. The van der Waals surface area contributed by atoms with Crippen molar-refractivity contribution in [3.05, 3.63) is 52.6 Å². The minimum Gasteiger partial charge on any atom is -0.464 e. The highest BCUT2D eigenvalue weighted by Crippen LogP contribution is 2.25. The average Bonchev–Trinajstić information content (AvgIpc) is 2.99. The highest BCUT2D eigenvalue weighted by molar-refractivity contribution is 7.89. The SMILES string of the molecule is CCn1c(C)c(C(=O)CN(CCOC)S(=O)(=O)c2ccc(F)cc2)c(C)c1C(=O)OC. The van der Waals surface area contributed by atoms with Crippen LogP contribution < -0.4 is 0 Å². The molecule has 8 nitrogen and oxygen atoms in total. The van der Waals surface area contributed by atoms with Crippen LogP contribution >= 0.6 is 0 Å². The molecule has 0 aliphatic carbocycles. The molecule has 0 aliphatic rings. The van der Waals surface area contributed by atoms with E-state index in [1.54, 1.807) is 18.4 Å². The number of sulfonamides is 1. The van der Waals surface area contributed by atoms with Crippen LogP contribution in [0.15, 0.2) is 29.2 Å². The number of carbonyl (C=O) groups excluding carboxylic acids is 2. The van der Waals surface area contributed by atoms with Gasteiger partial charge in [-0.15, -0.1) is 0 Å². The van der Waals surface area contributed by atoms with Crippen molar-refractivity contribution in [1.82, 2.24) is 8.87 Å². The first-order valence-electron chi connectivity index (χ1n) is 9.65. The Hall–Kier alpha value is -2.56. The monoisotopic (exact) mass is 454 g/mol. The molecule has 1 aromatic carbocycles. The summed E-state index contributed by atoms with van der Waals surface area (Å²) in [5.41, 5.74) is 1.52. The minimum atomic E-state index is -4.08. The Morgan fingerprint density at radius 2 is 1.74 bits per heavy atom. The van der Waals surface area contributed by atoms with Gasteiger partial charge in [-0.25, -0.2) is 17.6 Å². The maximum absolute atomic E-state index is 13.2. The molecule has 2 rings (SSSR count). The fraction of sp³-hybridized carbons (Fsp3) is 0.429. The summed E-state index contributed by atoms with van der Waals surface area (Å²) in [6.45, 7) is 5.13. The molecule has 0 spiro atoms. The number of esters is 1. The lowest BCUT2D eigenvalue weighted by atomic mass is 10.1. The van der Waals surface area contributed by atoms with E-state index >= 15 is 0 Å². The van der Waals surface area contributed by atoms with Gasteiger partial charge in [-0.1, -0.05) is 0 Å². The number of benzene rings is 1. The summed E-state index contributed by atoms with van der Waals surface area (Å²) in [5.74, 6) is -1.60. The van der Waals surface area contributed by atoms with Crippen molar-refractivity contribution in [2.75, 3.05) is 33.9 Å². The van der Waals surface area contributed by atoms with Gasteiger partial charge < -0.3 is 14.0 Å². The van der Waals surface area contributed by atoms with Crippen LogP contribution in [0.25, 0.3) is 0 Å². The lowest BCUT2D eigenvalue weighted by molar-refractivity contribution is 0.0587. The third-order valence-electron chi connectivity index (χ3n) is 5.06. The summed E-state index contributed by atoms with van der Waals surface area (Å²) in [6.07, 6.45) is 0. The van der Waals surface area contributed by atoms with Crippen molar-refractivity contribution < 1.29 is 31.9 Å². The minimum absolute atomic E-state index is 0.0645. The maximum Gasteiger partial charge on any atom is 0.354 e. The van der Waals surface area contributed by atoms with Crippen LogP contribution in [0.1, 0.15) is 39.0 Å². The van der Waals surface area contributed by atoms with E-state index in [2.05, 4.69) is 0 Å².